The molecule has 5 heteroatoms. The van der Waals surface area contributed by atoms with Crippen molar-refractivity contribution in [3.8, 4) is 5.75 Å². The predicted molar refractivity (Wildman–Crippen MR) is 71.7 cm³/mol. The number of carbonyl (C=O) groups is 1. The first kappa shape index (κ1) is 13.7. The minimum Gasteiger partial charge on any atom is -0.508 e. The summed E-state index contributed by atoms with van der Waals surface area (Å²) in [5.41, 5.74) is 5.93. The zero-order valence-corrected chi connectivity index (χ0v) is 11.1. The maximum Gasteiger partial charge on any atom is 0.410 e. The van der Waals surface area contributed by atoms with Crippen LogP contribution in [0.4, 0.5) is 4.79 Å². The zero-order chi connectivity index (χ0) is 13.9. The second kappa shape index (κ2) is 5.48. The van der Waals surface area contributed by atoms with Gasteiger partial charge in [0.15, 0.2) is 0 Å². The Morgan fingerprint density at radius 3 is 3.00 bits per heavy atom. The van der Waals surface area contributed by atoms with Crippen LogP contribution in [0.25, 0.3) is 0 Å². The Kier molecular flexibility index (Phi) is 3.95. The van der Waals surface area contributed by atoms with Crippen LogP contribution < -0.4 is 5.73 Å². The van der Waals surface area contributed by atoms with E-state index >= 15 is 0 Å². The van der Waals surface area contributed by atoms with E-state index < -0.39 is 5.60 Å². The van der Waals surface area contributed by atoms with Gasteiger partial charge in [0.25, 0.3) is 0 Å². The van der Waals surface area contributed by atoms with Crippen LogP contribution in [0.15, 0.2) is 24.3 Å². The third-order valence-electron chi connectivity index (χ3n) is 3.31. The van der Waals surface area contributed by atoms with Gasteiger partial charge in [-0.1, -0.05) is 12.1 Å². The maximum atomic E-state index is 11.9. The van der Waals surface area contributed by atoms with E-state index in [1.165, 1.54) is 0 Å². The molecule has 1 unspecified atom stereocenters. The number of carbonyl (C=O) groups excluding carboxylic acids is 1. The van der Waals surface area contributed by atoms with Crippen LogP contribution in [-0.4, -0.2) is 34.8 Å². The molecule has 1 aliphatic heterocycles. The fraction of sp³-hybridized carbons (Fsp3) is 0.500. The predicted octanol–water partition coefficient (Wildman–Crippen LogP) is 1.84. The van der Waals surface area contributed by atoms with Crippen molar-refractivity contribution in [2.45, 2.75) is 31.9 Å². The second-order valence-corrected chi connectivity index (χ2v) is 5.24. The third-order valence-corrected chi connectivity index (χ3v) is 3.31. The van der Waals surface area contributed by atoms with Crippen molar-refractivity contribution >= 4 is 6.09 Å². The van der Waals surface area contributed by atoms with Crippen molar-refractivity contribution in [2.75, 3.05) is 13.1 Å². The van der Waals surface area contributed by atoms with Gasteiger partial charge >= 0.3 is 6.09 Å². The summed E-state index contributed by atoms with van der Waals surface area (Å²) in [6.07, 6.45) is 1.30. The van der Waals surface area contributed by atoms with Crippen molar-refractivity contribution in [3.63, 3.8) is 0 Å². The fourth-order valence-corrected chi connectivity index (χ4v) is 2.38. The molecule has 5 nitrogen and oxygen atoms in total. The van der Waals surface area contributed by atoms with Crippen LogP contribution in [0, 0.1) is 0 Å². The largest absolute Gasteiger partial charge is 0.508 e. The highest BCUT2D eigenvalue weighted by molar-refractivity contribution is 5.70. The standard InChI is InChI=1S/C14H20N2O3/c1-14(6-3-7-15)10-16(13(18)19-14)9-11-4-2-5-12(17)8-11/h2,4-5,8,17H,3,6-7,9-10,15H2,1H3. The van der Waals surface area contributed by atoms with Crippen molar-refractivity contribution in [2.24, 2.45) is 5.73 Å². The normalized spacial score (nSPS) is 22.6. The molecule has 0 saturated carbocycles. The first-order chi connectivity index (χ1) is 9.02. The second-order valence-electron chi connectivity index (χ2n) is 5.24. The summed E-state index contributed by atoms with van der Waals surface area (Å²) < 4.78 is 5.43. The average molecular weight is 264 g/mol. The Labute approximate surface area is 113 Å². The van der Waals surface area contributed by atoms with Crippen molar-refractivity contribution < 1.29 is 14.6 Å². The molecular formula is C14H20N2O3. The summed E-state index contributed by atoms with van der Waals surface area (Å²) in [5.74, 6) is 0.205. The molecule has 2 rings (SSSR count). The SMILES string of the molecule is CC1(CCCN)CN(Cc2cccc(O)c2)C(=O)O1. The number of rotatable bonds is 5. The highest BCUT2D eigenvalue weighted by Crippen LogP contribution is 2.28. The number of nitrogens with zero attached hydrogens (tertiary/aromatic N) is 1. The van der Waals surface area contributed by atoms with E-state index in [4.69, 9.17) is 10.5 Å². The van der Waals surface area contributed by atoms with E-state index in [9.17, 15) is 9.90 Å². The van der Waals surface area contributed by atoms with E-state index in [0.29, 0.717) is 19.6 Å². The molecule has 3 N–H and O–H groups in total. The maximum absolute atomic E-state index is 11.9. The first-order valence-corrected chi connectivity index (χ1v) is 6.48. The Balaban J connectivity index is 2.00. The highest BCUT2D eigenvalue weighted by atomic mass is 16.6. The molecule has 1 aromatic carbocycles. The molecule has 0 radical (unpaired) electrons. The molecule has 1 aromatic rings. The molecule has 1 amide bonds. The molecule has 19 heavy (non-hydrogen) atoms. The zero-order valence-electron chi connectivity index (χ0n) is 11.1. The monoisotopic (exact) mass is 264 g/mol. The summed E-state index contributed by atoms with van der Waals surface area (Å²) >= 11 is 0. The molecule has 1 heterocycles. The Morgan fingerprint density at radius 1 is 1.53 bits per heavy atom. The number of cyclic esters (lactones) is 1. The number of aromatic hydroxyl groups is 1. The van der Waals surface area contributed by atoms with E-state index in [2.05, 4.69) is 0 Å². The molecule has 0 aliphatic carbocycles. The van der Waals surface area contributed by atoms with Crippen molar-refractivity contribution in [3.05, 3.63) is 29.8 Å². The third kappa shape index (κ3) is 3.38. The summed E-state index contributed by atoms with van der Waals surface area (Å²) in [6.45, 7) is 3.54. The number of phenols is 1. The van der Waals surface area contributed by atoms with Gasteiger partial charge in [-0.15, -0.1) is 0 Å². The van der Waals surface area contributed by atoms with Crippen LogP contribution in [0.1, 0.15) is 25.3 Å². The van der Waals surface area contributed by atoms with Gasteiger partial charge in [0.05, 0.1) is 6.54 Å². The van der Waals surface area contributed by atoms with Gasteiger partial charge in [-0.2, -0.15) is 0 Å². The number of hydrogen-bond donors (Lipinski definition) is 2. The average Bonchev–Trinajstić information content (AvgIpc) is 2.63. The number of hydrogen-bond acceptors (Lipinski definition) is 4. The van der Waals surface area contributed by atoms with Crippen LogP contribution in [0.5, 0.6) is 5.75 Å². The van der Waals surface area contributed by atoms with Gasteiger partial charge in [-0.05, 0) is 44.0 Å². The first-order valence-electron chi connectivity index (χ1n) is 6.48. The van der Waals surface area contributed by atoms with Crippen molar-refractivity contribution in [1.29, 1.82) is 0 Å². The van der Waals surface area contributed by atoms with Gasteiger partial charge in [0.1, 0.15) is 11.4 Å². The molecule has 104 valence electrons. The van der Waals surface area contributed by atoms with E-state index in [1.54, 1.807) is 23.1 Å². The van der Waals surface area contributed by atoms with Crippen LogP contribution in [0.3, 0.4) is 0 Å². The number of phenolic OH excluding ortho intramolecular Hbond substituents is 1. The fourth-order valence-electron chi connectivity index (χ4n) is 2.38. The minimum absolute atomic E-state index is 0.205. The molecule has 0 aromatic heterocycles. The lowest BCUT2D eigenvalue weighted by molar-refractivity contribution is 0.0638. The Hall–Kier alpha value is -1.75. The quantitative estimate of drug-likeness (QED) is 0.851. The molecule has 1 aliphatic rings. The number of benzene rings is 1. The molecule has 1 fully saturated rings. The lowest BCUT2D eigenvalue weighted by Crippen LogP contribution is -2.31. The summed E-state index contributed by atoms with van der Waals surface area (Å²) in [6, 6.07) is 6.90. The number of nitrogens with two attached hydrogens (primary N) is 1. The van der Waals surface area contributed by atoms with Crippen molar-refractivity contribution in [1.82, 2.24) is 4.90 Å². The molecule has 0 spiro atoms. The molecular weight excluding hydrogens is 244 g/mol. The number of amides is 1. The smallest absolute Gasteiger partial charge is 0.410 e. The van der Waals surface area contributed by atoms with E-state index in [1.807, 2.05) is 13.0 Å². The van der Waals surface area contributed by atoms with Crippen LogP contribution in [-0.2, 0) is 11.3 Å². The van der Waals surface area contributed by atoms with E-state index in [0.717, 1.165) is 18.4 Å². The Morgan fingerprint density at radius 2 is 2.32 bits per heavy atom. The summed E-state index contributed by atoms with van der Waals surface area (Å²) in [4.78, 5) is 13.5. The Bertz CT molecular complexity index is 464. The summed E-state index contributed by atoms with van der Waals surface area (Å²) in [5, 5.41) is 9.42. The lowest BCUT2D eigenvalue weighted by atomic mass is 10.00. The number of ether oxygens (including phenoxy) is 1. The van der Waals surface area contributed by atoms with Gasteiger partial charge in [0.2, 0.25) is 0 Å². The van der Waals surface area contributed by atoms with Gasteiger partial charge in [-0.25, -0.2) is 4.79 Å². The molecule has 0 bridgehead atoms. The van der Waals surface area contributed by atoms with Crippen LogP contribution in [0.2, 0.25) is 0 Å². The van der Waals surface area contributed by atoms with Crippen LogP contribution >= 0.6 is 0 Å². The minimum atomic E-state index is -0.451. The topological polar surface area (TPSA) is 75.8 Å². The van der Waals surface area contributed by atoms with E-state index in [-0.39, 0.29) is 11.8 Å². The van der Waals surface area contributed by atoms with Gasteiger partial charge in [-0.3, -0.25) is 4.90 Å². The molecule has 1 saturated heterocycles. The molecule has 1 atom stereocenters. The van der Waals surface area contributed by atoms with Gasteiger partial charge < -0.3 is 15.6 Å². The highest BCUT2D eigenvalue weighted by Gasteiger charge is 2.40. The summed E-state index contributed by atoms with van der Waals surface area (Å²) in [7, 11) is 0. The lowest BCUT2D eigenvalue weighted by Gasteiger charge is -2.21. The van der Waals surface area contributed by atoms with Gasteiger partial charge in [0, 0.05) is 6.54 Å².